The number of nitrogens with zero attached hydrogens (tertiary/aromatic N) is 8. The van der Waals surface area contributed by atoms with Crippen LogP contribution in [0, 0.1) is 0 Å². The first-order valence-corrected chi connectivity index (χ1v) is 12.8. The van der Waals surface area contributed by atoms with Gasteiger partial charge in [-0.3, -0.25) is 0 Å². The van der Waals surface area contributed by atoms with E-state index < -0.39 is 62.3 Å². The minimum Gasteiger partial charge on any atom is -0.394 e. The van der Waals surface area contributed by atoms with Crippen molar-refractivity contribution >= 4 is 22.1 Å². The summed E-state index contributed by atoms with van der Waals surface area (Å²) in [7, 11) is 0. The molecule has 0 aromatic carbocycles. The molecule has 0 aliphatic carbocycles. The van der Waals surface area contributed by atoms with Gasteiger partial charge in [0.1, 0.15) is 60.6 Å². The Morgan fingerprint density at radius 3 is 1.85 bits per heavy atom. The van der Waals surface area contributed by atoms with Crippen LogP contribution in [0.15, 0.2) is 49.6 Å². The summed E-state index contributed by atoms with van der Waals surface area (Å²) in [5.41, 5.74) is 2.09. The zero-order valence-electron chi connectivity index (χ0n) is 21.2. The molecule has 0 spiro atoms. The van der Waals surface area contributed by atoms with Crippen molar-refractivity contribution in [1.82, 2.24) is 38.9 Å². The van der Waals surface area contributed by atoms with Crippen LogP contribution in [-0.2, 0) is 9.47 Å². The lowest BCUT2D eigenvalue weighted by molar-refractivity contribution is -0.0508. The Kier molecular flexibility index (Phi) is 6.29. The quantitative estimate of drug-likeness (QED) is 0.134. The van der Waals surface area contributed by atoms with Gasteiger partial charge in [-0.25, -0.2) is 24.6 Å². The smallest absolute Gasteiger partial charge is 0.166 e. The summed E-state index contributed by atoms with van der Waals surface area (Å²) in [4.78, 5) is 17.5. The maximum atomic E-state index is 10.5. The van der Waals surface area contributed by atoms with Crippen LogP contribution >= 0.6 is 0 Å². The molecule has 0 bridgehead atoms. The lowest BCUT2D eigenvalue weighted by Crippen LogP contribution is -2.33. The number of aromatic nitrogens is 8. The molecule has 2 fully saturated rings. The predicted octanol–water partition coefficient (Wildman–Crippen LogP) is -1.75. The molecule has 0 saturated carbocycles. The van der Waals surface area contributed by atoms with Gasteiger partial charge in [-0.05, 0) is 12.1 Å². The van der Waals surface area contributed by atoms with E-state index in [1.54, 1.807) is 50.7 Å². The summed E-state index contributed by atoms with van der Waals surface area (Å²) in [6.45, 7) is -0.879. The Balaban J connectivity index is 1.23. The van der Waals surface area contributed by atoms with Gasteiger partial charge in [-0.1, -0.05) is 0 Å². The predicted molar refractivity (Wildman–Crippen MR) is 137 cm³/mol. The van der Waals surface area contributed by atoms with Crippen LogP contribution in [0.1, 0.15) is 12.5 Å². The number of ether oxygens (including phenoxy) is 2. The fourth-order valence-electron chi connectivity index (χ4n) is 5.53. The molecule has 16 nitrogen and oxygen atoms in total. The van der Waals surface area contributed by atoms with Gasteiger partial charge in [-0.2, -0.15) is 5.10 Å². The molecule has 7 heterocycles. The van der Waals surface area contributed by atoms with Crippen LogP contribution < -0.4 is 0 Å². The maximum absolute atomic E-state index is 10.5. The first kappa shape index (κ1) is 26.1. The molecule has 7 rings (SSSR count). The van der Waals surface area contributed by atoms with Crippen molar-refractivity contribution in [2.45, 2.75) is 49.1 Å². The first-order chi connectivity index (χ1) is 19.9. The minimum absolute atomic E-state index is 0.432. The molecule has 5 aromatic heterocycles. The number of rotatable bonds is 6. The van der Waals surface area contributed by atoms with Gasteiger partial charge in [-0.15, -0.1) is 0 Å². The highest BCUT2D eigenvalue weighted by molar-refractivity contribution is 5.91. The molecule has 41 heavy (non-hydrogen) atoms. The second-order valence-electron chi connectivity index (χ2n) is 9.97. The van der Waals surface area contributed by atoms with Crippen LogP contribution in [-0.4, -0.2) is 119 Å². The first-order valence-electron chi connectivity index (χ1n) is 12.8. The zero-order valence-corrected chi connectivity index (χ0v) is 21.2. The summed E-state index contributed by atoms with van der Waals surface area (Å²) in [5, 5.41) is 66.0. The van der Waals surface area contributed by atoms with Gasteiger partial charge < -0.3 is 49.2 Å². The van der Waals surface area contributed by atoms with Crippen molar-refractivity contribution in [2.24, 2.45) is 0 Å². The number of hydrogen-bond donors (Lipinski definition) is 6. The van der Waals surface area contributed by atoms with E-state index in [4.69, 9.17) is 9.47 Å². The molecule has 5 aromatic rings. The van der Waals surface area contributed by atoms with Crippen molar-refractivity contribution in [2.75, 3.05) is 13.2 Å². The van der Waals surface area contributed by atoms with Crippen LogP contribution in [0.25, 0.3) is 39.1 Å². The third kappa shape index (κ3) is 3.96. The normalized spacial score (nSPS) is 30.2. The Morgan fingerprint density at radius 2 is 1.27 bits per heavy atom. The highest BCUT2D eigenvalue weighted by Gasteiger charge is 2.45. The van der Waals surface area contributed by atoms with Crippen LogP contribution in [0.4, 0.5) is 0 Å². The number of hydrogen-bond acceptors (Lipinski definition) is 13. The lowest BCUT2D eigenvalue weighted by atomic mass is 10.1. The summed E-state index contributed by atoms with van der Waals surface area (Å²) in [5.74, 6) is 0.445. The molecule has 0 radical (unpaired) electrons. The van der Waals surface area contributed by atoms with Crippen molar-refractivity contribution in [3.05, 3.63) is 49.6 Å². The van der Waals surface area contributed by atoms with Crippen molar-refractivity contribution in [3.63, 3.8) is 0 Å². The Morgan fingerprint density at radius 1 is 0.707 bits per heavy atom. The summed E-state index contributed by atoms with van der Waals surface area (Å²) in [6.07, 6.45) is 0.630. The van der Waals surface area contributed by atoms with E-state index in [9.17, 15) is 30.6 Å². The topological polar surface area (TPSA) is 219 Å². The zero-order chi connectivity index (χ0) is 28.4. The lowest BCUT2D eigenvalue weighted by Gasteiger charge is -2.17. The van der Waals surface area contributed by atoms with E-state index in [1.165, 1.54) is 12.7 Å². The maximum Gasteiger partial charge on any atom is 0.166 e. The third-order valence-electron chi connectivity index (χ3n) is 7.65. The van der Waals surface area contributed by atoms with Gasteiger partial charge in [0.25, 0.3) is 0 Å². The monoisotopic (exact) mass is 566 g/mol. The molecule has 1 unspecified atom stereocenters. The molecule has 8 atom stereocenters. The third-order valence-corrected chi connectivity index (χ3v) is 7.65. The van der Waals surface area contributed by atoms with Crippen LogP contribution in [0.3, 0.4) is 0 Å². The van der Waals surface area contributed by atoms with Gasteiger partial charge in [0.2, 0.25) is 0 Å². The fraction of sp³-hybridized carbons (Fsp3) is 0.400. The van der Waals surface area contributed by atoms with Gasteiger partial charge in [0.15, 0.2) is 18.3 Å². The molecule has 0 amide bonds. The second kappa shape index (κ2) is 9.89. The van der Waals surface area contributed by atoms with E-state index in [2.05, 4.69) is 25.0 Å². The van der Waals surface area contributed by atoms with Gasteiger partial charge in [0.05, 0.1) is 30.5 Å². The van der Waals surface area contributed by atoms with E-state index in [0.29, 0.717) is 39.1 Å². The average Bonchev–Trinajstić information content (AvgIpc) is 3.81. The van der Waals surface area contributed by atoms with E-state index >= 15 is 0 Å². The highest BCUT2D eigenvalue weighted by Crippen LogP contribution is 2.35. The highest BCUT2D eigenvalue weighted by atomic mass is 16.6. The number of aliphatic hydroxyl groups excluding tert-OH is 6. The molecular weight excluding hydrogens is 540 g/mol. The van der Waals surface area contributed by atoms with Crippen LogP contribution in [0.2, 0.25) is 0 Å². The number of fused-ring (bicyclic) bond motifs is 2. The Bertz CT molecular complexity index is 1600. The summed E-state index contributed by atoms with van der Waals surface area (Å²) in [6, 6.07) is 3.51. The second-order valence-corrected chi connectivity index (χ2v) is 9.97. The molecule has 2 saturated heterocycles. The van der Waals surface area contributed by atoms with Crippen LogP contribution in [0.5, 0.6) is 0 Å². The summed E-state index contributed by atoms with van der Waals surface area (Å²) < 4.78 is 16.0. The van der Waals surface area contributed by atoms with Crippen molar-refractivity contribution < 1.29 is 40.1 Å². The fourth-order valence-corrected chi connectivity index (χ4v) is 5.53. The number of aliphatic hydroxyl groups is 6. The Labute approximate surface area is 230 Å². The molecule has 6 N–H and O–H groups in total. The molecular formula is C25H26N8O8. The molecule has 214 valence electrons. The SMILES string of the molecule is OC[C@H]1O[C@@H](n2ccc3c(-n4cc(-c5ncnc6c5ccn6[C@@H]5O[C@H](CO)[C@@H](O)C5O)cn4)ncnc32)[C@H](O)[C@@H]1O. The van der Waals surface area contributed by atoms with Crippen molar-refractivity contribution in [3.8, 4) is 17.1 Å². The largest absolute Gasteiger partial charge is 0.394 e. The van der Waals surface area contributed by atoms with E-state index in [-0.39, 0.29) is 0 Å². The van der Waals surface area contributed by atoms with E-state index in [1.807, 2.05) is 0 Å². The summed E-state index contributed by atoms with van der Waals surface area (Å²) >= 11 is 0. The minimum atomic E-state index is -1.27. The molecule has 2 aliphatic heterocycles. The van der Waals surface area contributed by atoms with E-state index in [0.717, 1.165) is 0 Å². The standard InChI is InChI=1S/C25H26N8O8/c34-7-14-17(36)19(38)24(40-14)31-3-1-12-16(26-9-27-21(12)31)11-5-30-33(6-11)23-13-2-4-32(22(13)28-10-29-23)25-20(39)18(37)15(8-35)41-25/h1-6,9-10,14-15,17-20,24-25,34-39H,7-8H2/t14-,15-,17-,18-,19?,20-,24-,25-/m1/s1. The van der Waals surface area contributed by atoms with Gasteiger partial charge in [0, 0.05) is 29.5 Å². The average molecular weight is 567 g/mol. The molecule has 16 heteroatoms. The van der Waals surface area contributed by atoms with Crippen molar-refractivity contribution in [1.29, 1.82) is 0 Å². The Hall–Kier alpha value is -3.87. The van der Waals surface area contributed by atoms with Gasteiger partial charge >= 0.3 is 0 Å². The molecule has 2 aliphatic rings.